The van der Waals surface area contributed by atoms with Crippen molar-refractivity contribution in [3.63, 3.8) is 0 Å². The van der Waals surface area contributed by atoms with Gasteiger partial charge in [-0.2, -0.15) is 0 Å². The molecule has 0 aromatic carbocycles. The van der Waals surface area contributed by atoms with Crippen LogP contribution in [0.1, 0.15) is 29.8 Å². The number of methoxy groups -OCH3 is 1. The summed E-state index contributed by atoms with van der Waals surface area (Å²) >= 11 is 0. The van der Waals surface area contributed by atoms with Crippen molar-refractivity contribution in [3.8, 4) is 11.8 Å². The second-order valence-corrected chi connectivity index (χ2v) is 5.03. The minimum atomic E-state index is -1.12. The topological polar surface area (TPSA) is 91.8 Å². The first kappa shape index (κ1) is 16.6. The molecule has 2 heterocycles. The number of nitrogens with one attached hydrogen (secondary N) is 1. The summed E-state index contributed by atoms with van der Waals surface area (Å²) < 4.78 is 25.3. The van der Waals surface area contributed by atoms with Crippen molar-refractivity contribution in [1.82, 2.24) is 4.98 Å². The van der Waals surface area contributed by atoms with Gasteiger partial charge in [0.2, 0.25) is 0 Å². The van der Waals surface area contributed by atoms with Crippen molar-refractivity contribution in [2.75, 3.05) is 13.7 Å². The highest BCUT2D eigenvalue weighted by atomic mass is 19.1. The molecule has 1 fully saturated rings. The van der Waals surface area contributed by atoms with E-state index in [1.165, 1.54) is 14.0 Å². The molecular weight excluding hydrogens is 293 g/mol. The molecule has 7 heteroatoms. The first-order chi connectivity index (χ1) is 10.5. The van der Waals surface area contributed by atoms with E-state index < -0.39 is 42.4 Å². The largest absolute Gasteiger partial charge is 0.394 e. The fourth-order valence-corrected chi connectivity index (χ4v) is 2.56. The number of aliphatic hydroxyl groups is 2. The molecule has 0 radical (unpaired) electrons. The Labute approximate surface area is 126 Å². The van der Waals surface area contributed by atoms with E-state index in [1.54, 1.807) is 6.92 Å². The predicted molar refractivity (Wildman–Crippen MR) is 75.8 cm³/mol. The van der Waals surface area contributed by atoms with Crippen molar-refractivity contribution in [2.45, 2.75) is 38.3 Å². The van der Waals surface area contributed by atoms with Crippen LogP contribution in [0.15, 0.2) is 4.79 Å². The molecule has 1 aromatic heterocycles. The molecule has 1 aromatic rings. The lowest BCUT2D eigenvalue weighted by molar-refractivity contribution is -0.0248. The lowest BCUT2D eigenvalue weighted by Gasteiger charge is -2.21. The molecular formula is C15H18FNO5. The van der Waals surface area contributed by atoms with E-state index in [1.807, 2.05) is 0 Å². The third-order valence-corrected chi connectivity index (χ3v) is 3.74. The van der Waals surface area contributed by atoms with E-state index in [9.17, 15) is 19.4 Å². The molecule has 22 heavy (non-hydrogen) atoms. The number of pyridine rings is 1. The normalized spacial score (nSPS) is 27.5. The van der Waals surface area contributed by atoms with Crippen LogP contribution in [0, 0.1) is 24.6 Å². The quantitative estimate of drug-likeness (QED) is 0.684. The smallest absolute Gasteiger partial charge is 0.254 e. The molecule has 3 N–H and O–H groups in total. The summed E-state index contributed by atoms with van der Waals surface area (Å²) in [5.74, 6) is 4.47. The zero-order valence-corrected chi connectivity index (χ0v) is 12.5. The number of aromatic amines is 1. The van der Waals surface area contributed by atoms with Gasteiger partial charge in [0, 0.05) is 7.11 Å². The molecule has 1 aliphatic heterocycles. The van der Waals surface area contributed by atoms with Gasteiger partial charge in [0.25, 0.3) is 5.56 Å². The summed E-state index contributed by atoms with van der Waals surface area (Å²) in [5.41, 5.74) is -0.580. The summed E-state index contributed by atoms with van der Waals surface area (Å²) in [6, 6.07) is 0. The highest BCUT2D eigenvalue weighted by molar-refractivity contribution is 5.41. The summed E-state index contributed by atoms with van der Waals surface area (Å²) in [5, 5.41) is 19.3. The second kappa shape index (κ2) is 6.58. The monoisotopic (exact) mass is 311 g/mol. The lowest BCUT2D eigenvalue weighted by Crippen LogP contribution is -2.34. The van der Waals surface area contributed by atoms with E-state index in [4.69, 9.17) is 9.47 Å². The Kier molecular flexibility index (Phi) is 4.98. The van der Waals surface area contributed by atoms with Crippen LogP contribution in [0.2, 0.25) is 0 Å². The molecule has 1 aliphatic rings. The molecule has 4 atom stereocenters. The zero-order valence-electron chi connectivity index (χ0n) is 12.5. The van der Waals surface area contributed by atoms with Crippen LogP contribution in [-0.4, -0.2) is 47.2 Å². The van der Waals surface area contributed by atoms with Crippen molar-refractivity contribution in [1.29, 1.82) is 0 Å². The van der Waals surface area contributed by atoms with Gasteiger partial charge in [-0.1, -0.05) is 5.92 Å². The molecule has 1 saturated heterocycles. The van der Waals surface area contributed by atoms with Crippen LogP contribution >= 0.6 is 0 Å². The van der Waals surface area contributed by atoms with Crippen molar-refractivity contribution < 1.29 is 24.1 Å². The van der Waals surface area contributed by atoms with E-state index in [-0.39, 0.29) is 16.8 Å². The number of hydrogen-bond donors (Lipinski definition) is 3. The SMILES string of the molecule is CC#Cc1[nH]c(=O)c(C)c(F)c1[C@@H]1O[C@H](CO)C(O)C1OC. The summed E-state index contributed by atoms with van der Waals surface area (Å²) in [6.07, 6.45) is -3.88. The Bertz CT molecular complexity index is 675. The first-order valence-corrected chi connectivity index (χ1v) is 6.78. The third kappa shape index (κ3) is 2.66. The number of aliphatic hydroxyl groups excluding tert-OH is 2. The number of ether oxygens (including phenoxy) is 2. The maximum absolute atomic E-state index is 14.6. The zero-order chi connectivity index (χ0) is 16.4. The van der Waals surface area contributed by atoms with Gasteiger partial charge in [-0.15, -0.1) is 0 Å². The Morgan fingerprint density at radius 3 is 2.73 bits per heavy atom. The number of aromatic nitrogens is 1. The van der Waals surface area contributed by atoms with E-state index in [0.717, 1.165) is 0 Å². The highest BCUT2D eigenvalue weighted by Gasteiger charge is 2.46. The first-order valence-electron chi connectivity index (χ1n) is 6.78. The molecule has 0 saturated carbocycles. The third-order valence-electron chi connectivity index (χ3n) is 3.74. The molecule has 0 bridgehead atoms. The van der Waals surface area contributed by atoms with Gasteiger partial charge in [0.1, 0.15) is 35.9 Å². The molecule has 0 amide bonds. The Hall–Kier alpha value is -1.72. The van der Waals surface area contributed by atoms with Crippen LogP contribution in [0.4, 0.5) is 4.39 Å². The van der Waals surface area contributed by atoms with Crippen LogP contribution in [0.25, 0.3) is 0 Å². The van der Waals surface area contributed by atoms with E-state index >= 15 is 0 Å². The van der Waals surface area contributed by atoms with Crippen LogP contribution < -0.4 is 5.56 Å². The second-order valence-electron chi connectivity index (χ2n) is 5.03. The predicted octanol–water partition coefficient (Wildman–Crippen LogP) is 0.00192. The standard InChI is InChI=1S/C15H18FNO5/c1-4-5-8-10(11(16)7(2)15(20)17-8)13-14(21-3)12(19)9(6-18)22-13/h9,12-14,18-19H,6H2,1-3H3,(H,17,20)/t9-,12?,13+,14?/m1/s1. The highest BCUT2D eigenvalue weighted by Crippen LogP contribution is 2.37. The maximum Gasteiger partial charge on any atom is 0.254 e. The lowest BCUT2D eigenvalue weighted by atomic mass is 9.98. The average molecular weight is 311 g/mol. The van der Waals surface area contributed by atoms with Gasteiger partial charge >= 0.3 is 0 Å². The minimum Gasteiger partial charge on any atom is -0.394 e. The van der Waals surface area contributed by atoms with Gasteiger partial charge in [-0.3, -0.25) is 4.79 Å². The molecule has 2 unspecified atom stereocenters. The molecule has 0 aliphatic carbocycles. The van der Waals surface area contributed by atoms with Gasteiger partial charge in [-0.25, -0.2) is 4.39 Å². The fraction of sp³-hybridized carbons (Fsp3) is 0.533. The van der Waals surface area contributed by atoms with Gasteiger partial charge in [0.05, 0.1) is 17.7 Å². The molecule has 2 rings (SSSR count). The van der Waals surface area contributed by atoms with Crippen LogP contribution in [0.5, 0.6) is 0 Å². The summed E-state index contributed by atoms with van der Waals surface area (Å²) in [7, 11) is 1.35. The van der Waals surface area contributed by atoms with Crippen LogP contribution in [-0.2, 0) is 9.47 Å². The Morgan fingerprint density at radius 1 is 1.50 bits per heavy atom. The Balaban J connectivity index is 2.62. The van der Waals surface area contributed by atoms with Gasteiger partial charge in [0.15, 0.2) is 0 Å². The fourth-order valence-electron chi connectivity index (χ4n) is 2.56. The van der Waals surface area contributed by atoms with E-state index in [0.29, 0.717) is 0 Å². The summed E-state index contributed by atoms with van der Waals surface area (Å²) in [4.78, 5) is 14.2. The average Bonchev–Trinajstić information content (AvgIpc) is 2.81. The minimum absolute atomic E-state index is 0.0216. The van der Waals surface area contributed by atoms with Crippen LogP contribution in [0.3, 0.4) is 0 Å². The Morgan fingerprint density at radius 2 is 2.18 bits per heavy atom. The number of H-pyrrole nitrogens is 1. The van der Waals surface area contributed by atoms with Gasteiger partial charge < -0.3 is 24.7 Å². The van der Waals surface area contributed by atoms with Crippen molar-refractivity contribution in [2.24, 2.45) is 0 Å². The van der Waals surface area contributed by atoms with Crippen molar-refractivity contribution >= 4 is 0 Å². The molecule has 120 valence electrons. The van der Waals surface area contributed by atoms with Gasteiger partial charge in [-0.05, 0) is 19.8 Å². The maximum atomic E-state index is 14.6. The summed E-state index contributed by atoms with van der Waals surface area (Å²) in [6.45, 7) is 2.46. The number of rotatable bonds is 3. The van der Waals surface area contributed by atoms with E-state index in [2.05, 4.69) is 16.8 Å². The number of halogens is 1. The molecule has 6 nitrogen and oxygen atoms in total. The van der Waals surface area contributed by atoms with Crippen molar-refractivity contribution in [3.05, 3.63) is 33.0 Å². The number of hydrogen-bond acceptors (Lipinski definition) is 5. The molecule has 0 spiro atoms.